The van der Waals surface area contributed by atoms with E-state index in [9.17, 15) is 0 Å². The summed E-state index contributed by atoms with van der Waals surface area (Å²) < 4.78 is 2.90. The number of rotatable bonds is 2. The molecule has 0 bridgehead atoms. The number of hydrogen-bond acceptors (Lipinski definition) is 1. The van der Waals surface area contributed by atoms with Gasteiger partial charge in [0, 0.05) is 0 Å². The molecule has 0 N–H and O–H groups in total. The Morgan fingerprint density at radius 2 is 1.70 bits per heavy atom. The predicted molar refractivity (Wildman–Crippen MR) is 52.6 cm³/mol. The van der Waals surface area contributed by atoms with E-state index < -0.39 is 0 Å². The average Bonchev–Trinajstić information content (AvgIpc) is 2.20. The van der Waals surface area contributed by atoms with Gasteiger partial charge in [0.15, 0.2) is 0 Å². The van der Waals surface area contributed by atoms with Crippen molar-refractivity contribution < 1.29 is 0 Å². The molecule has 0 aromatic rings. The van der Waals surface area contributed by atoms with E-state index in [0.717, 1.165) is 0 Å². The van der Waals surface area contributed by atoms with Crippen LogP contribution in [-0.4, -0.2) is 28.7 Å². The molecule has 0 saturated carbocycles. The van der Waals surface area contributed by atoms with E-state index in [1.165, 1.54) is 13.0 Å². The molecule has 60 valence electrons. The lowest BCUT2D eigenvalue weighted by Crippen LogP contribution is -2.39. The van der Waals surface area contributed by atoms with Crippen LogP contribution in [0.2, 0.25) is 25.2 Å². The van der Waals surface area contributed by atoms with Crippen LogP contribution in [0.25, 0.3) is 0 Å². The van der Waals surface area contributed by atoms with E-state index in [1.54, 1.807) is 12.1 Å². The topological polar surface area (TPSA) is 3.24 Å². The average molecular weight is 173 g/mol. The van der Waals surface area contributed by atoms with Gasteiger partial charge in [-0.2, -0.15) is 0 Å². The summed E-state index contributed by atoms with van der Waals surface area (Å²) >= 11 is 0. The molecule has 1 heterocycles. The van der Waals surface area contributed by atoms with E-state index in [-0.39, 0.29) is 17.9 Å². The standard InChI is InChI=1S/C7H19NSi2/c1-4-5-8-9(2)6-7-10(8)3/h9-10H,4-7H2,1-3H3. The van der Waals surface area contributed by atoms with Crippen molar-refractivity contribution in [3.8, 4) is 0 Å². The molecule has 2 atom stereocenters. The SMILES string of the molecule is CCCN1[SiH](C)CC[SiH]1C. The zero-order valence-corrected chi connectivity index (χ0v) is 9.74. The second-order valence-electron chi connectivity index (χ2n) is 3.51. The highest BCUT2D eigenvalue weighted by Crippen LogP contribution is 2.19. The predicted octanol–water partition coefficient (Wildman–Crippen LogP) is 1.42. The fourth-order valence-electron chi connectivity index (χ4n) is 1.95. The summed E-state index contributed by atoms with van der Waals surface area (Å²) in [6.45, 7) is 8.76. The monoisotopic (exact) mass is 173 g/mol. The van der Waals surface area contributed by atoms with Crippen LogP contribution >= 0.6 is 0 Å². The lowest BCUT2D eigenvalue weighted by Gasteiger charge is -2.24. The molecule has 1 aliphatic rings. The summed E-state index contributed by atoms with van der Waals surface area (Å²) in [6.07, 6.45) is 1.37. The molecule has 0 aromatic heterocycles. The molecule has 10 heavy (non-hydrogen) atoms. The van der Waals surface area contributed by atoms with Crippen molar-refractivity contribution in [2.45, 2.75) is 38.5 Å². The van der Waals surface area contributed by atoms with Crippen molar-refractivity contribution >= 4 is 17.9 Å². The van der Waals surface area contributed by atoms with Gasteiger partial charge in [-0.05, 0) is 25.1 Å². The molecule has 1 aliphatic heterocycles. The van der Waals surface area contributed by atoms with Gasteiger partial charge >= 0.3 is 0 Å². The molecule has 0 aromatic carbocycles. The molecule has 2 unspecified atom stereocenters. The molecular weight excluding hydrogens is 154 g/mol. The Morgan fingerprint density at radius 1 is 1.20 bits per heavy atom. The van der Waals surface area contributed by atoms with Gasteiger partial charge in [-0.3, -0.25) is 0 Å². The minimum Gasteiger partial charge on any atom is -0.350 e. The minimum atomic E-state index is -0.345. The highest BCUT2D eigenvalue weighted by molar-refractivity contribution is 6.76. The Bertz CT molecular complexity index is 97.8. The van der Waals surface area contributed by atoms with Gasteiger partial charge in [0.05, 0.1) is 0 Å². The van der Waals surface area contributed by atoms with E-state index in [4.69, 9.17) is 0 Å². The summed E-state index contributed by atoms with van der Waals surface area (Å²) in [7, 11) is -0.690. The highest BCUT2D eigenvalue weighted by atomic mass is 28.4. The van der Waals surface area contributed by atoms with E-state index >= 15 is 0 Å². The third kappa shape index (κ3) is 1.71. The molecular formula is C7H19NSi2. The maximum absolute atomic E-state index is 2.90. The zero-order valence-electron chi connectivity index (χ0n) is 7.43. The first-order valence-corrected chi connectivity index (χ1v) is 9.49. The molecule has 0 amide bonds. The van der Waals surface area contributed by atoms with Crippen LogP contribution in [-0.2, 0) is 0 Å². The highest BCUT2D eigenvalue weighted by Gasteiger charge is 2.27. The fraction of sp³-hybridized carbons (Fsp3) is 1.00. The van der Waals surface area contributed by atoms with Gasteiger partial charge in [-0.15, -0.1) is 0 Å². The Labute approximate surface area is 67.8 Å². The molecule has 0 aliphatic carbocycles. The van der Waals surface area contributed by atoms with Gasteiger partial charge in [0.2, 0.25) is 0 Å². The summed E-state index contributed by atoms with van der Waals surface area (Å²) in [5, 5.41) is 0. The van der Waals surface area contributed by atoms with E-state index in [1.807, 2.05) is 0 Å². The quantitative estimate of drug-likeness (QED) is 0.571. The first-order chi connectivity index (χ1) is 4.75. The van der Waals surface area contributed by atoms with Crippen LogP contribution < -0.4 is 0 Å². The molecule has 1 rings (SSSR count). The number of nitrogens with zero attached hydrogens (tertiary/aromatic N) is 1. The van der Waals surface area contributed by atoms with Crippen molar-refractivity contribution in [3.63, 3.8) is 0 Å². The smallest absolute Gasteiger partial charge is 0.101 e. The van der Waals surface area contributed by atoms with Crippen LogP contribution in [0.1, 0.15) is 13.3 Å². The Kier molecular flexibility index (Phi) is 3.13. The maximum Gasteiger partial charge on any atom is 0.101 e. The van der Waals surface area contributed by atoms with Crippen molar-refractivity contribution in [1.82, 2.24) is 4.23 Å². The molecule has 0 spiro atoms. The summed E-state index contributed by atoms with van der Waals surface area (Å²) in [4.78, 5) is 0. The molecule has 0 radical (unpaired) electrons. The Morgan fingerprint density at radius 3 is 2.10 bits per heavy atom. The van der Waals surface area contributed by atoms with Crippen molar-refractivity contribution in [2.24, 2.45) is 0 Å². The van der Waals surface area contributed by atoms with Crippen LogP contribution in [0, 0.1) is 0 Å². The minimum absolute atomic E-state index is 0.345. The largest absolute Gasteiger partial charge is 0.350 e. The van der Waals surface area contributed by atoms with Crippen LogP contribution in [0.5, 0.6) is 0 Å². The first kappa shape index (κ1) is 8.49. The van der Waals surface area contributed by atoms with Crippen molar-refractivity contribution in [2.75, 3.05) is 6.54 Å². The second-order valence-corrected chi connectivity index (χ2v) is 9.99. The number of hydrogen-bond donors (Lipinski definition) is 0. The van der Waals surface area contributed by atoms with Gasteiger partial charge in [-0.1, -0.05) is 20.0 Å². The first-order valence-electron chi connectivity index (χ1n) is 4.51. The lowest BCUT2D eigenvalue weighted by molar-refractivity contribution is 0.640. The summed E-state index contributed by atoms with van der Waals surface area (Å²) in [6, 6.07) is 3.21. The summed E-state index contributed by atoms with van der Waals surface area (Å²) in [5.41, 5.74) is 0. The van der Waals surface area contributed by atoms with Crippen molar-refractivity contribution in [1.29, 1.82) is 0 Å². The summed E-state index contributed by atoms with van der Waals surface area (Å²) in [5.74, 6) is 0. The van der Waals surface area contributed by atoms with Crippen molar-refractivity contribution in [3.05, 3.63) is 0 Å². The Balaban J connectivity index is 2.38. The molecule has 1 fully saturated rings. The van der Waals surface area contributed by atoms with E-state index in [2.05, 4.69) is 24.2 Å². The zero-order chi connectivity index (χ0) is 7.56. The third-order valence-electron chi connectivity index (χ3n) is 2.62. The lowest BCUT2D eigenvalue weighted by atomic mass is 10.5. The van der Waals surface area contributed by atoms with Crippen LogP contribution in [0.15, 0.2) is 0 Å². The van der Waals surface area contributed by atoms with Gasteiger partial charge in [0.1, 0.15) is 17.9 Å². The molecule has 1 nitrogen and oxygen atoms in total. The second kappa shape index (κ2) is 3.69. The van der Waals surface area contributed by atoms with Gasteiger partial charge in [-0.25, -0.2) is 0 Å². The van der Waals surface area contributed by atoms with Crippen LogP contribution in [0.4, 0.5) is 0 Å². The maximum atomic E-state index is 2.90. The molecule has 3 heteroatoms. The normalized spacial score (nSPS) is 35.1. The fourth-order valence-corrected chi connectivity index (χ4v) is 12.2. The molecule has 1 saturated heterocycles. The third-order valence-corrected chi connectivity index (χ3v) is 11.5. The van der Waals surface area contributed by atoms with Gasteiger partial charge in [0.25, 0.3) is 0 Å². The Hall–Kier alpha value is 0.394. The van der Waals surface area contributed by atoms with Crippen LogP contribution in [0.3, 0.4) is 0 Å². The van der Waals surface area contributed by atoms with Gasteiger partial charge < -0.3 is 4.23 Å². The van der Waals surface area contributed by atoms with E-state index in [0.29, 0.717) is 0 Å².